The maximum Gasteiger partial charge on any atom is 0.329 e. The number of benzene rings is 2. The van der Waals surface area contributed by atoms with Crippen molar-refractivity contribution in [3.8, 4) is 0 Å². The Morgan fingerprint density at radius 1 is 1.14 bits per heavy atom. The number of halogens is 2. The summed E-state index contributed by atoms with van der Waals surface area (Å²) in [5, 5.41) is 7.18. The first-order valence-corrected chi connectivity index (χ1v) is 8.73. The van der Waals surface area contributed by atoms with E-state index >= 15 is 0 Å². The van der Waals surface area contributed by atoms with E-state index in [2.05, 4.69) is 15.8 Å². The Bertz CT molecular complexity index is 1170. The van der Waals surface area contributed by atoms with Crippen molar-refractivity contribution in [2.75, 3.05) is 5.32 Å². The lowest BCUT2D eigenvalue weighted by atomic mass is 10.2. The molecule has 0 aliphatic carbocycles. The van der Waals surface area contributed by atoms with Crippen LogP contribution in [0.25, 0.3) is 11.0 Å². The van der Waals surface area contributed by atoms with Gasteiger partial charge in [-0.1, -0.05) is 29.3 Å². The lowest BCUT2D eigenvalue weighted by molar-refractivity contribution is -0.136. The monoisotopic (exact) mass is 417 g/mol. The van der Waals surface area contributed by atoms with Crippen LogP contribution in [-0.4, -0.2) is 18.0 Å². The smallest absolute Gasteiger partial charge is 0.329 e. The van der Waals surface area contributed by atoms with Crippen LogP contribution in [-0.2, 0) is 9.59 Å². The van der Waals surface area contributed by atoms with Crippen LogP contribution in [0.1, 0.15) is 11.1 Å². The van der Waals surface area contributed by atoms with Gasteiger partial charge in [0.2, 0.25) is 5.43 Å². The van der Waals surface area contributed by atoms with E-state index in [9.17, 15) is 14.4 Å². The maximum atomic E-state index is 12.4. The second-order valence-electron chi connectivity index (χ2n) is 5.73. The topological polar surface area (TPSA) is 101 Å². The third-order valence-electron chi connectivity index (χ3n) is 3.85. The van der Waals surface area contributed by atoms with E-state index in [0.717, 1.165) is 6.21 Å². The molecule has 1 heterocycles. The summed E-state index contributed by atoms with van der Waals surface area (Å²) in [6, 6.07) is 9.57. The summed E-state index contributed by atoms with van der Waals surface area (Å²) >= 11 is 11.9. The lowest BCUT2D eigenvalue weighted by Crippen LogP contribution is -2.32. The number of carbonyl (C=O) groups is 2. The number of rotatable bonds is 3. The SMILES string of the molecule is Cc1c(Cl)cccc1NC(=O)C(=O)N/N=C\c1coc2ccc(Cl)cc2c1=O. The van der Waals surface area contributed by atoms with Crippen LogP contribution in [0.5, 0.6) is 0 Å². The third-order valence-corrected chi connectivity index (χ3v) is 4.50. The molecule has 1 aromatic heterocycles. The molecular formula is C19H13Cl2N3O4. The van der Waals surface area contributed by atoms with E-state index in [1.807, 2.05) is 0 Å². The van der Waals surface area contributed by atoms with Gasteiger partial charge in [-0.15, -0.1) is 0 Å². The predicted octanol–water partition coefficient (Wildman–Crippen LogP) is 3.50. The molecule has 7 nitrogen and oxygen atoms in total. The van der Waals surface area contributed by atoms with E-state index in [-0.39, 0.29) is 16.4 Å². The van der Waals surface area contributed by atoms with E-state index < -0.39 is 11.8 Å². The fourth-order valence-corrected chi connectivity index (χ4v) is 2.69. The minimum Gasteiger partial charge on any atom is -0.463 e. The van der Waals surface area contributed by atoms with Crippen molar-refractivity contribution in [2.24, 2.45) is 5.10 Å². The van der Waals surface area contributed by atoms with Crippen molar-refractivity contribution in [2.45, 2.75) is 6.92 Å². The molecule has 2 amide bonds. The Hall–Kier alpha value is -3.16. The summed E-state index contributed by atoms with van der Waals surface area (Å²) in [6.45, 7) is 1.71. The van der Waals surface area contributed by atoms with E-state index in [0.29, 0.717) is 26.9 Å². The van der Waals surface area contributed by atoms with Gasteiger partial charge in [0, 0.05) is 15.7 Å². The van der Waals surface area contributed by atoms with E-state index in [1.165, 1.54) is 12.3 Å². The molecule has 28 heavy (non-hydrogen) atoms. The van der Waals surface area contributed by atoms with Gasteiger partial charge in [-0.2, -0.15) is 5.10 Å². The summed E-state index contributed by atoms with van der Waals surface area (Å²) in [5.74, 6) is -1.94. The van der Waals surface area contributed by atoms with Crippen molar-refractivity contribution in [1.29, 1.82) is 0 Å². The van der Waals surface area contributed by atoms with Crippen molar-refractivity contribution in [3.05, 3.63) is 74.1 Å². The standard InChI is InChI=1S/C19H13Cl2N3O4/c1-10-14(21)3-2-4-15(10)23-18(26)19(27)24-22-8-11-9-28-16-6-5-12(20)7-13(16)17(11)25/h2-9H,1H3,(H,23,26)(H,24,27)/b22-8-. The molecule has 0 spiro atoms. The van der Waals surface area contributed by atoms with Crippen LogP contribution in [0.2, 0.25) is 10.0 Å². The van der Waals surface area contributed by atoms with Gasteiger partial charge in [0.15, 0.2) is 0 Å². The predicted molar refractivity (Wildman–Crippen MR) is 108 cm³/mol. The number of carbonyl (C=O) groups excluding carboxylic acids is 2. The number of fused-ring (bicyclic) bond motifs is 1. The van der Waals surface area contributed by atoms with Crippen LogP contribution >= 0.6 is 23.2 Å². The molecule has 2 N–H and O–H groups in total. The molecule has 0 aliphatic rings. The summed E-state index contributed by atoms with van der Waals surface area (Å²) in [7, 11) is 0. The van der Waals surface area contributed by atoms with E-state index in [1.54, 1.807) is 37.3 Å². The average Bonchev–Trinajstić information content (AvgIpc) is 2.67. The molecule has 0 bridgehead atoms. The minimum atomic E-state index is -1.01. The largest absolute Gasteiger partial charge is 0.463 e. The quantitative estimate of drug-likeness (QED) is 0.386. The number of amides is 2. The van der Waals surface area contributed by atoms with Gasteiger partial charge in [0.25, 0.3) is 0 Å². The molecule has 2 aromatic carbocycles. The summed E-state index contributed by atoms with van der Waals surface area (Å²) in [5.41, 5.74) is 3.16. The molecule has 3 aromatic rings. The number of anilines is 1. The van der Waals surface area contributed by atoms with E-state index in [4.69, 9.17) is 27.6 Å². The summed E-state index contributed by atoms with van der Waals surface area (Å²) < 4.78 is 5.33. The first-order valence-electron chi connectivity index (χ1n) is 7.97. The van der Waals surface area contributed by atoms with Crippen LogP contribution < -0.4 is 16.2 Å². The zero-order chi connectivity index (χ0) is 20.3. The summed E-state index contributed by atoms with van der Waals surface area (Å²) in [4.78, 5) is 36.2. The highest BCUT2D eigenvalue weighted by Gasteiger charge is 2.15. The highest BCUT2D eigenvalue weighted by atomic mass is 35.5. The van der Waals surface area contributed by atoms with Gasteiger partial charge in [-0.3, -0.25) is 14.4 Å². The van der Waals surface area contributed by atoms with Crippen molar-refractivity contribution >= 4 is 57.9 Å². The number of hydrazone groups is 1. The Balaban J connectivity index is 1.70. The first-order chi connectivity index (χ1) is 13.4. The lowest BCUT2D eigenvalue weighted by Gasteiger charge is -2.08. The zero-order valence-corrected chi connectivity index (χ0v) is 16.0. The first kappa shape index (κ1) is 19.6. The minimum absolute atomic E-state index is 0.0844. The van der Waals surface area contributed by atoms with Crippen LogP contribution in [0.3, 0.4) is 0 Å². The Kier molecular flexibility index (Phi) is 5.77. The molecule has 0 saturated heterocycles. The number of nitrogens with zero attached hydrogens (tertiary/aromatic N) is 1. The normalized spacial score (nSPS) is 11.0. The van der Waals surface area contributed by atoms with Gasteiger partial charge >= 0.3 is 11.8 Å². The van der Waals surface area contributed by atoms with Crippen LogP contribution in [0.4, 0.5) is 5.69 Å². The Morgan fingerprint density at radius 2 is 1.93 bits per heavy atom. The average molecular weight is 418 g/mol. The molecule has 0 unspecified atom stereocenters. The zero-order valence-electron chi connectivity index (χ0n) is 14.5. The molecule has 0 radical (unpaired) electrons. The van der Waals surface area contributed by atoms with Gasteiger partial charge in [0.05, 0.1) is 17.2 Å². The molecule has 142 valence electrons. The summed E-state index contributed by atoms with van der Waals surface area (Å²) in [6.07, 6.45) is 2.28. The molecule has 0 aliphatic heterocycles. The van der Waals surface area contributed by atoms with Crippen LogP contribution in [0, 0.1) is 6.92 Å². The molecular weight excluding hydrogens is 405 g/mol. The van der Waals surface area contributed by atoms with Gasteiger partial charge in [-0.05, 0) is 42.8 Å². The molecule has 9 heteroatoms. The molecule has 3 rings (SSSR count). The van der Waals surface area contributed by atoms with Crippen LogP contribution in [0.15, 0.2) is 57.0 Å². The Labute approximate surface area is 168 Å². The number of nitrogens with one attached hydrogen (secondary N) is 2. The van der Waals surface area contributed by atoms with Crippen molar-refractivity contribution < 1.29 is 14.0 Å². The molecule has 0 saturated carbocycles. The van der Waals surface area contributed by atoms with Crippen molar-refractivity contribution in [1.82, 2.24) is 5.43 Å². The highest BCUT2D eigenvalue weighted by molar-refractivity contribution is 6.40. The fraction of sp³-hybridized carbons (Fsp3) is 0.0526. The fourth-order valence-electron chi connectivity index (χ4n) is 2.34. The van der Waals surface area contributed by atoms with Gasteiger partial charge in [-0.25, -0.2) is 5.43 Å². The molecule has 0 atom stereocenters. The maximum absolute atomic E-state index is 12.4. The van der Waals surface area contributed by atoms with Crippen molar-refractivity contribution in [3.63, 3.8) is 0 Å². The second-order valence-corrected chi connectivity index (χ2v) is 6.57. The highest BCUT2D eigenvalue weighted by Crippen LogP contribution is 2.22. The van der Waals surface area contributed by atoms with Gasteiger partial charge < -0.3 is 9.73 Å². The number of hydrogen-bond donors (Lipinski definition) is 2. The second kappa shape index (κ2) is 8.24. The van der Waals surface area contributed by atoms with Gasteiger partial charge in [0.1, 0.15) is 11.8 Å². The third kappa shape index (κ3) is 4.21. The Morgan fingerprint density at radius 3 is 2.71 bits per heavy atom. The number of hydrogen-bond acceptors (Lipinski definition) is 5. The molecule has 0 fully saturated rings.